The van der Waals surface area contributed by atoms with Crippen LogP contribution in [0.4, 0.5) is 0 Å². The van der Waals surface area contributed by atoms with E-state index in [1.807, 2.05) is 55.5 Å². The molecule has 0 spiro atoms. The van der Waals surface area contributed by atoms with Gasteiger partial charge >= 0.3 is 0 Å². The van der Waals surface area contributed by atoms with E-state index in [-0.39, 0.29) is 5.91 Å². The molecule has 108 valence electrons. The van der Waals surface area contributed by atoms with Crippen LogP contribution in [0.15, 0.2) is 59.1 Å². The van der Waals surface area contributed by atoms with Crippen LogP contribution in [0.1, 0.15) is 16.7 Å². The summed E-state index contributed by atoms with van der Waals surface area (Å²) < 4.78 is 0.955. The number of nitrogens with one attached hydrogen (secondary N) is 1. The van der Waals surface area contributed by atoms with Gasteiger partial charge in [-0.05, 0) is 35.8 Å². The van der Waals surface area contributed by atoms with Crippen molar-refractivity contribution < 1.29 is 9.63 Å². The Kier molecular flexibility index (Phi) is 5.72. The van der Waals surface area contributed by atoms with Crippen molar-refractivity contribution >= 4 is 27.9 Å². The third kappa shape index (κ3) is 5.17. The zero-order chi connectivity index (χ0) is 15.1. The van der Waals surface area contributed by atoms with Gasteiger partial charge in [0.1, 0.15) is 0 Å². The van der Waals surface area contributed by atoms with Crippen LogP contribution >= 0.6 is 15.9 Å². The maximum Gasteiger partial charge on any atom is 0.267 e. The number of amides is 1. The van der Waals surface area contributed by atoms with Crippen molar-refractivity contribution in [2.75, 3.05) is 0 Å². The minimum atomic E-state index is -0.293. The van der Waals surface area contributed by atoms with Crippen LogP contribution in [-0.4, -0.2) is 5.91 Å². The number of carbonyl (C=O) groups is 1. The number of hydrogen-bond donors (Lipinski definition) is 1. The molecule has 4 heteroatoms. The SMILES string of the molecule is Cc1ccc(/C=C/C(=O)NOCc2ccccc2)c(Br)c1. The summed E-state index contributed by atoms with van der Waals surface area (Å²) in [5.41, 5.74) is 5.50. The van der Waals surface area contributed by atoms with E-state index in [1.54, 1.807) is 6.08 Å². The Morgan fingerprint density at radius 3 is 2.71 bits per heavy atom. The predicted molar refractivity (Wildman–Crippen MR) is 87.3 cm³/mol. The van der Waals surface area contributed by atoms with E-state index in [1.165, 1.54) is 6.08 Å². The molecule has 0 fully saturated rings. The quantitative estimate of drug-likeness (QED) is 0.656. The number of benzene rings is 2. The standard InChI is InChI=1S/C17H16BrNO2/c1-13-7-8-15(16(18)11-13)9-10-17(20)19-21-12-14-5-3-2-4-6-14/h2-11H,12H2,1H3,(H,19,20)/b10-9+. The zero-order valence-corrected chi connectivity index (χ0v) is 13.3. The Balaban J connectivity index is 1.82. The number of rotatable bonds is 5. The lowest BCUT2D eigenvalue weighted by Crippen LogP contribution is -2.21. The smallest absolute Gasteiger partial charge is 0.267 e. The summed E-state index contributed by atoms with van der Waals surface area (Å²) in [6, 6.07) is 15.6. The van der Waals surface area contributed by atoms with Crippen LogP contribution in [0.5, 0.6) is 0 Å². The van der Waals surface area contributed by atoms with Gasteiger partial charge < -0.3 is 0 Å². The highest BCUT2D eigenvalue weighted by Gasteiger charge is 1.99. The Hall–Kier alpha value is -1.91. The first kappa shape index (κ1) is 15.5. The molecule has 0 atom stereocenters. The van der Waals surface area contributed by atoms with Gasteiger partial charge in [0.05, 0.1) is 6.61 Å². The molecule has 0 aromatic heterocycles. The number of halogens is 1. The Labute approximate surface area is 132 Å². The van der Waals surface area contributed by atoms with Crippen LogP contribution in [0, 0.1) is 6.92 Å². The summed E-state index contributed by atoms with van der Waals surface area (Å²) in [6.45, 7) is 2.36. The fourth-order valence-corrected chi connectivity index (χ4v) is 2.36. The van der Waals surface area contributed by atoms with E-state index in [2.05, 4.69) is 21.4 Å². The van der Waals surface area contributed by atoms with E-state index < -0.39 is 0 Å². The van der Waals surface area contributed by atoms with Crippen molar-refractivity contribution in [3.63, 3.8) is 0 Å². The maximum atomic E-state index is 11.6. The fourth-order valence-electron chi connectivity index (χ4n) is 1.73. The summed E-state index contributed by atoms with van der Waals surface area (Å²) in [5, 5.41) is 0. The molecule has 3 nitrogen and oxygen atoms in total. The second-order valence-corrected chi connectivity index (χ2v) is 5.45. The Morgan fingerprint density at radius 2 is 2.00 bits per heavy atom. The second kappa shape index (κ2) is 7.76. The fraction of sp³-hybridized carbons (Fsp3) is 0.118. The lowest BCUT2D eigenvalue weighted by atomic mass is 10.1. The molecule has 2 aromatic carbocycles. The molecule has 0 aliphatic carbocycles. The predicted octanol–water partition coefficient (Wildman–Crippen LogP) is 4.02. The zero-order valence-electron chi connectivity index (χ0n) is 11.7. The lowest BCUT2D eigenvalue weighted by molar-refractivity contribution is -0.129. The summed E-state index contributed by atoms with van der Waals surface area (Å²) in [6.07, 6.45) is 3.19. The van der Waals surface area contributed by atoms with Gasteiger partial charge in [-0.3, -0.25) is 9.63 Å². The van der Waals surface area contributed by atoms with Crippen molar-refractivity contribution in [1.82, 2.24) is 5.48 Å². The number of hydroxylamine groups is 1. The summed E-state index contributed by atoms with van der Waals surface area (Å²) in [7, 11) is 0. The van der Waals surface area contributed by atoms with Crippen LogP contribution in [-0.2, 0) is 16.2 Å². The van der Waals surface area contributed by atoms with Gasteiger partial charge in [0, 0.05) is 10.5 Å². The molecule has 0 aliphatic rings. The first-order valence-electron chi connectivity index (χ1n) is 6.55. The average molecular weight is 346 g/mol. The molecule has 2 aromatic rings. The van der Waals surface area contributed by atoms with Gasteiger partial charge in [-0.15, -0.1) is 0 Å². The molecule has 21 heavy (non-hydrogen) atoms. The Bertz CT molecular complexity index is 638. The average Bonchev–Trinajstić information content (AvgIpc) is 2.47. The molecule has 0 bridgehead atoms. The summed E-state index contributed by atoms with van der Waals surface area (Å²) >= 11 is 3.47. The molecule has 2 rings (SSSR count). The molecule has 0 saturated heterocycles. The van der Waals surface area contributed by atoms with Gasteiger partial charge in [-0.2, -0.15) is 0 Å². The van der Waals surface area contributed by atoms with Crippen molar-refractivity contribution in [2.24, 2.45) is 0 Å². The molecule has 0 heterocycles. The molecular weight excluding hydrogens is 330 g/mol. The van der Waals surface area contributed by atoms with E-state index in [0.717, 1.165) is 21.2 Å². The molecule has 1 amide bonds. The number of hydrogen-bond acceptors (Lipinski definition) is 2. The van der Waals surface area contributed by atoms with Crippen LogP contribution < -0.4 is 5.48 Å². The second-order valence-electron chi connectivity index (χ2n) is 4.60. The summed E-state index contributed by atoms with van der Waals surface area (Å²) in [5.74, 6) is -0.293. The number of aryl methyl sites for hydroxylation is 1. The van der Waals surface area contributed by atoms with E-state index in [9.17, 15) is 4.79 Å². The molecule has 1 N–H and O–H groups in total. The van der Waals surface area contributed by atoms with Crippen molar-refractivity contribution in [1.29, 1.82) is 0 Å². The topological polar surface area (TPSA) is 38.3 Å². The first-order valence-corrected chi connectivity index (χ1v) is 7.34. The molecular formula is C17H16BrNO2. The minimum absolute atomic E-state index is 0.293. The molecule has 0 saturated carbocycles. The molecule has 0 aliphatic heterocycles. The third-order valence-corrected chi connectivity index (χ3v) is 3.51. The Morgan fingerprint density at radius 1 is 1.24 bits per heavy atom. The van der Waals surface area contributed by atoms with E-state index in [0.29, 0.717) is 6.61 Å². The van der Waals surface area contributed by atoms with Gasteiger partial charge in [-0.25, -0.2) is 5.48 Å². The van der Waals surface area contributed by atoms with E-state index in [4.69, 9.17) is 4.84 Å². The normalized spacial score (nSPS) is 10.8. The van der Waals surface area contributed by atoms with Gasteiger partial charge in [0.25, 0.3) is 5.91 Å². The lowest BCUT2D eigenvalue weighted by Gasteiger charge is -2.04. The van der Waals surface area contributed by atoms with Crippen molar-refractivity contribution in [2.45, 2.75) is 13.5 Å². The highest BCUT2D eigenvalue weighted by atomic mass is 79.9. The van der Waals surface area contributed by atoms with Gasteiger partial charge in [0.15, 0.2) is 0 Å². The van der Waals surface area contributed by atoms with Crippen LogP contribution in [0.2, 0.25) is 0 Å². The van der Waals surface area contributed by atoms with Gasteiger partial charge in [0.2, 0.25) is 0 Å². The molecule has 0 radical (unpaired) electrons. The monoisotopic (exact) mass is 345 g/mol. The molecule has 0 unspecified atom stereocenters. The minimum Gasteiger partial charge on any atom is -0.269 e. The highest BCUT2D eigenvalue weighted by molar-refractivity contribution is 9.10. The maximum absolute atomic E-state index is 11.6. The summed E-state index contributed by atoms with van der Waals surface area (Å²) in [4.78, 5) is 16.8. The van der Waals surface area contributed by atoms with Crippen LogP contribution in [0.25, 0.3) is 6.08 Å². The van der Waals surface area contributed by atoms with Crippen molar-refractivity contribution in [3.8, 4) is 0 Å². The number of carbonyl (C=O) groups excluding carboxylic acids is 1. The van der Waals surface area contributed by atoms with Gasteiger partial charge in [-0.1, -0.05) is 58.4 Å². The van der Waals surface area contributed by atoms with Crippen LogP contribution in [0.3, 0.4) is 0 Å². The highest BCUT2D eigenvalue weighted by Crippen LogP contribution is 2.19. The largest absolute Gasteiger partial charge is 0.269 e. The third-order valence-electron chi connectivity index (χ3n) is 2.82. The van der Waals surface area contributed by atoms with Crippen molar-refractivity contribution in [3.05, 3.63) is 75.8 Å². The first-order chi connectivity index (χ1) is 10.1. The van der Waals surface area contributed by atoms with E-state index >= 15 is 0 Å².